The van der Waals surface area contributed by atoms with E-state index in [1.807, 2.05) is 0 Å². The second kappa shape index (κ2) is 6.01. The number of hydrogen-bond donors (Lipinski definition) is 2. The Hall–Kier alpha value is -1.35. The lowest BCUT2D eigenvalue weighted by molar-refractivity contribution is -0.122. The van der Waals surface area contributed by atoms with Gasteiger partial charge in [0.25, 0.3) is 0 Å². The van der Waals surface area contributed by atoms with Crippen molar-refractivity contribution in [2.45, 2.75) is 38.6 Å². The first-order valence-corrected chi connectivity index (χ1v) is 6.79. The first-order chi connectivity index (χ1) is 8.72. The van der Waals surface area contributed by atoms with Crippen LogP contribution in [0.2, 0.25) is 0 Å². The Morgan fingerprint density at radius 2 is 2.00 bits per heavy atom. The SMILES string of the molecule is CCC(CN)CC(=O)NC1Cc2ccccc2C1. The van der Waals surface area contributed by atoms with Gasteiger partial charge < -0.3 is 11.1 Å². The summed E-state index contributed by atoms with van der Waals surface area (Å²) < 4.78 is 0. The molecule has 0 radical (unpaired) electrons. The standard InChI is InChI=1S/C15H22N2O/c1-2-11(10-16)7-15(18)17-14-8-12-5-3-4-6-13(12)9-14/h3-6,11,14H,2,7-10,16H2,1H3,(H,17,18). The van der Waals surface area contributed by atoms with Crippen LogP contribution in [0.1, 0.15) is 30.9 Å². The predicted octanol–water partition coefficient (Wildman–Crippen LogP) is 1.65. The van der Waals surface area contributed by atoms with E-state index in [0.717, 1.165) is 19.3 Å². The minimum atomic E-state index is 0.144. The molecule has 18 heavy (non-hydrogen) atoms. The summed E-state index contributed by atoms with van der Waals surface area (Å²) in [5.41, 5.74) is 8.37. The Bertz CT molecular complexity index is 388. The van der Waals surface area contributed by atoms with Crippen LogP contribution in [0.4, 0.5) is 0 Å². The maximum atomic E-state index is 11.9. The van der Waals surface area contributed by atoms with Gasteiger partial charge in [-0.2, -0.15) is 0 Å². The number of benzene rings is 1. The lowest BCUT2D eigenvalue weighted by Crippen LogP contribution is -2.37. The second-order valence-corrected chi connectivity index (χ2v) is 5.16. The predicted molar refractivity (Wildman–Crippen MR) is 73.2 cm³/mol. The zero-order chi connectivity index (χ0) is 13.0. The Morgan fingerprint density at radius 3 is 2.50 bits per heavy atom. The molecule has 0 spiro atoms. The van der Waals surface area contributed by atoms with Crippen LogP contribution in [0.5, 0.6) is 0 Å². The van der Waals surface area contributed by atoms with E-state index < -0.39 is 0 Å². The molecule has 3 heteroatoms. The topological polar surface area (TPSA) is 55.1 Å². The van der Waals surface area contributed by atoms with Crippen LogP contribution < -0.4 is 11.1 Å². The summed E-state index contributed by atoms with van der Waals surface area (Å²) in [5, 5.41) is 3.13. The molecule has 1 aliphatic carbocycles. The fraction of sp³-hybridized carbons (Fsp3) is 0.533. The number of carbonyl (C=O) groups is 1. The molecule has 0 fully saturated rings. The van der Waals surface area contributed by atoms with Crippen molar-refractivity contribution in [2.24, 2.45) is 11.7 Å². The van der Waals surface area contributed by atoms with E-state index in [1.165, 1.54) is 11.1 Å². The lowest BCUT2D eigenvalue weighted by Gasteiger charge is -2.15. The Morgan fingerprint density at radius 1 is 1.39 bits per heavy atom. The summed E-state index contributed by atoms with van der Waals surface area (Å²) in [6.07, 6.45) is 3.44. The normalized spacial score (nSPS) is 16.3. The number of nitrogens with one attached hydrogen (secondary N) is 1. The van der Waals surface area contributed by atoms with E-state index in [1.54, 1.807) is 0 Å². The molecule has 1 aromatic carbocycles. The summed E-state index contributed by atoms with van der Waals surface area (Å²) in [4.78, 5) is 11.9. The molecular weight excluding hydrogens is 224 g/mol. The third kappa shape index (κ3) is 3.10. The van der Waals surface area contributed by atoms with Gasteiger partial charge in [0, 0.05) is 12.5 Å². The Balaban J connectivity index is 1.84. The first-order valence-electron chi connectivity index (χ1n) is 6.79. The summed E-state index contributed by atoms with van der Waals surface area (Å²) in [5.74, 6) is 0.457. The number of hydrogen-bond acceptors (Lipinski definition) is 2. The monoisotopic (exact) mass is 246 g/mol. The summed E-state index contributed by atoms with van der Waals surface area (Å²) in [7, 11) is 0. The molecule has 3 nitrogen and oxygen atoms in total. The fourth-order valence-electron chi connectivity index (χ4n) is 2.60. The molecule has 0 bridgehead atoms. The van der Waals surface area contributed by atoms with E-state index in [9.17, 15) is 4.79 Å². The largest absolute Gasteiger partial charge is 0.353 e. The van der Waals surface area contributed by atoms with Gasteiger partial charge in [-0.25, -0.2) is 0 Å². The summed E-state index contributed by atoms with van der Waals surface area (Å²) in [6.45, 7) is 2.67. The van der Waals surface area contributed by atoms with Gasteiger partial charge in [0.1, 0.15) is 0 Å². The van der Waals surface area contributed by atoms with E-state index in [2.05, 4.69) is 36.5 Å². The van der Waals surface area contributed by atoms with Crippen molar-refractivity contribution >= 4 is 5.91 Å². The van der Waals surface area contributed by atoms with E-state index in [0.29, 0.717) is 18.9 Å². The average Bonchev–Trinajstić information content (AvgIpc) is 2.77. The van der Waals surface area contributed by atoms with Crippen molar-refractivity contribution < 1.29 is 4.79 Å². The zero-order valence-corrected chi connectivity index (χ0v) is 11.0. The van der Waals surface area contributed by atoms with E-state index >= 15 is 0 Å². The van der Waals surface area contributed by atoms with Crippen LogP contribution in [-0.4, -0.2) is 18.5 Å². The third-order valence-corrected chi connectivity index (χ3v) is 3.80. The van der Waals surface area contributed by atoms with Crippen molar-refractivity contribution in [3.8, 4) is 0 Å². The Labute approximate surface area is 109 Å². The molecule has 3 N–H and O–H groups in total. The van der Waals surface area contributed by atoms with Crippen molar-refractivity contribution in [2.75, 3.05) is 6.54 Å². The van der Waals surface area contributed by atoms with Gasteiger partial charge in [-0.05, 0) is 36.4 Å². The van der Waals surface area contributed by atoms with Crippen LogP contribution in [0.3, 0.4) is 0 Å². The average molecular weight is 246 g/mol. The van der Waals surface area contributed by atoms with Gasteiger partial charge in [0.2, 0.25) is 5.91 Å². The molecule has 1 aliphatic rings. The van der Waals surface area contributed by atoms with Gasteiger partial charge in [0.05, 0.1) is 0 Å². The van der Waals surface area contributed by atoms with Gasteiger partial charge in [0.15, 0.2) is 0 Å². The molecule has 98 valence electrons. The van der Waals surface area contributed by atoms with Gasteiger partial charge in [-0.15, -0.1) is 0 Å². The molecule has 1 amide bonds. The van der Waals surface area contributed by atoms with Gasteiger partial charge in [-0.3, -0.25) is 4.79 Å². The van der Waals surface area contributed by atoms with Crippen LogP contribution in [-0.2, 0) is 17.6 Å². The van der Waals surface area contributed by atoms with Crippen molar-refractivity contribution in [1.29, 1.82) is 0 Å². The highest BCUT2D eigenvalue weighted by molar-refractivity contribution is 5.76. The van der Waals surface area contributed by atoms with Gasteiger partial charge >= 0.3 is 0 Å². The molecule has 2 rings (SSSR count). The van der Waals surface area contributed by atoms with Crippen LogP contribution in [0, 0.1) is 5.92 Å². The second-order valence-electron chi connectivity index (χ2n) is 5.16. The third-order valence-electron chi connectivity index (χ3n) is 3.80. The summed E-state index contributed by atoms with van der Waals surface area (Å²) >= 11 is 0. The molecule has 1 atom stereocenters. The quantitative estimate of drug-likeness (QED) is 0.830. The maximum Gasteiger partial charge on any atom is 0.220 e. The lowest BCUT2D eigenvalue weighted by atomic mass is 10.0. The number of fused-ring (bicyclic) bond motifs is 1. The molecule has 1 unspecified atom stereocenters. The first kappa shape index (κ1) is 13.1. The number of amides is 1. The number of carbonyl (C=O) groups excluding carboxylic acids is 1. The van der Waals surface area contributed by atoms with E-state index in [4.69, 9.17) is 5.73 Å². The van der Waals surface area contributed by atoms with Crippen LogP contribution in [0.25, 0.3) is 0 Å². The molecule has 0 aromatic heterocycles. The number of rotatable bonds is 5. The van der Waals surface area contributed by atoms with Crippen molar-refractivity contribution in [1.82, 2.24) is 5.32 Å². The smallest absolute Gasteiger partial charge is 0.220 e. The number of nitrogens with two attached hydrogens (primary N) is 1. The summed E-state index contributed by atoms with van der Waals surface area (Å²) in [6, 6.07) is 8.69. The van der Waals surface area contributed by atoms with Crippen molar-refractivity contribution in [3.05, 3.63) is 35.4 Å². The molecule has 0 heterocycles. The highest BCUT2D eigenvalue weighted by Gasteiger charge is 2.22. The molecular formula is C15H22N2O. The highest BCUT2D eigenvalue weighted by atomic mass is 16.1. The van der Waals surface area contributed by atoms with Crippen molar-refractivity contribution in [3.63, 3.8) is 0 Å². The maximum absolute atomic E-state index is 11.9. The zero-order valence-electron chi connectivity index (χ0n) is 11.0. The van der Waals surface area contributed by atoms with Gasteiger partial charge in [-0.1, -0.05) is 37.6 Å². The van der Waals surface area contributed by atoms with Crippen LogP contribution >= 0.6 is 0 Å². The molecule has 0 aliphatic heterocycles. The highest BCUT2D eigenvalue weighted by Crippen LogP contribution is 2.21. The molecule has 0 saturated heterocycles. The van der Waals surface area contributed by atoms with E-state index in [-0.39, 0.29) is 11.9 Å². The Kier molecular flexibility index (Phi) is 4.37. The minimum absolute atomic E-state index is 0.144. The molecule has 1 aromatic rings. The molecule has 0 saturated carbocycles. The minimum Gasteiger partial charge on any atom is -0.353 e. The van der Waals surface area contributed by atoms with Crippen LogP contribution in [0.15, 0.2) is 24.3 Å². The fourth-order valence-corrected chi connectivity index (χ4v) is 2.60.